The summed E-state index contributed by atoms with van der Waals surface area (Å²) in [6.07, 6.45) is 0. The molecule has 3 aliphatic rings. The Morgan fingerprint density at radius 2 is 0.911 bits per heavy atom. The molecule has 294 valence electrons. The summed E-state index contributed by atoms with van der Waals surface area (Å²) in [5.74, 6) is 0. The van der Waals surface area contributed by atoms with E-state index in [1.54, 1.807) is 19.2 Å². The standard InChI is InChI=1S/2C14H17N3O2.C13H15N3O2/c1-16-5-7-17(8-6-16)12-4-2-3-10-9-11(15)14(18)19-13(10)12;1-15-11-9-10-3-2-4-12(13(10)19-14(11)18)17-7-5-16-6-8-17;14-10-8-9-2-1-3-11(12(9)18-13(10)17)16-6-4-15-5-7-16/h2-4,9H,5-8,15H2,1H3;2-4,9,15-16H,5-8H2,1H3;1-3,8,15H,4-7,14H2. The second kappa shape index (κ2) is 17.2. The molecule has 0 aliphatic carbocycles. The zero-order valence-corrected chi connectivity index (χ0v) is 31.8. The lowest BCUT2D eigenvalue weighted by atomic mass is 10.1. The predicted molar refractivity (Wildman–Crippen MR) is 226 cm³/mol. The first-order valence-electron chi connectivity index (χ1n) is 18.9. The number of para-hydroxylation sites is 3. The Balaban J connectivity index is 0.000000129. The lowest BCUT2D eigenvalue weighted by molar-refractivity contribution is 0.312. The van der Waals surface area contributed by atoms with E-state index < -0.39 is 11.3 Å². The molecule has 3 saturated heterocycles. The summed E-state index contributed by atoms with van der Waals surface area (Å²) >= 11 is 0. The molecule has 15 nitrogen and oxygen atoms in total. The summed E-state index contributed by atoms with van der Waals surface area (Å²) in [6.45, 7) is 11.3. The lowest BCUT2D eigenvalue weighted by Crippen LogP contribution is -2.44. The first kappa shape index (κ1) is 38.3. The molecule has 0 unspecified atom stereocenters. The molecule has 3 aromatic carbocycles. The number of hydrogen-bond donors (Lipinski definition) is 5. The number of nitrogens with one attached hydrogen (secondary N) is 3. The van der Waals surface area contributed by atoms with Crippen molar-refractivity contribution in [2.45, 2.75) is 0 Å². The third kappa shape index (κ3) is 8.44. The zero-order valence-electron chi connectivity index (χ0n) is 31.8. The fourth-order valence-corrected chi connectivity index (χ4v) is 7.20. The van der Waals surface area contributed by atoms with Crippen molar-refractivity contribution in [3.05, 3.63) is 104 Å². The summed E-state index contributed by atoms with van der Waals surface area (Å²) in [4.78, 5) is 44.0. The van der Waals surface area contributed by atoms with Gasteiger partial charge in [0.15, 0.2) is 16.7 Å². The maximum Gasteiger partial charge on any atom is 0.359 e. The van der Waals surface area contributed by atoms with Crippen molar-refractivity contribution in [2.75, 3.05) is 124 Å². The van der Waals surface area contributed by atoms with Crippen molar-refractivity contribution in [1.29, 1.82) is 0 Å². The van der Waals surface area contributed by atoms with Gasteiger partial charge in [0.05, 0.1) is 17.1 Å². The normalized spacial score (nSPS) is 16.3. The van der Waals surface area contributed by atoms with E-state index in [9.17, 15) is 14.4 Å². The third-order valence-electron chi connectivity index (χ3n) is 10.3. The summed E-state index contributed by atoms with van der Waals surface area (Å²) in [6, 6.07) is 22.9. The topological polar surface area (TPSA) is 192 Å². The SMILES string of the molecule is CN1CCN(c2cccc3cc(N)c(=O)oc23)CC1.CNc1cc2cccc(N3CCNCC3)c2oc1=O.Nc1cc2cccc(N3CCNCC3)c2oc1=O. The number of likely N-dealkylation sites (N-methyl/N-ethyl adjacent to an activating group) is 1. The predicted octanol–water partition coefficient (Wildman–Crippen LogP) is 3.16. The van der Waals surface area contributed by atoms with E-state index in [0.29, 0.717) is 22.4 Å². The molecule has 0 atom stereocenters. The van der Waals surface area contributed by atoms with Gasteiger partial charge < -0.3 is 60.3 Å². The zero-order chi connectivity index (χ0) is 39.2. The molecule has 7 N–H and O–H groups in total. The van der Waals surface area contributed by atoms with E-state index in [4.69, 9.17) is 24.7 Å². The van der Waals surface area contributed by atoms with Gasteiger partial charge in [0, 0.05) is 102 Å². The van der Waals surface area contributed by atoms with E-state index >= 15 is 0 Å². The van der Waals surface area contributed by atoms with Gasteiger partial charge in [-0.3, -0.25) is 0 Å². The minimum atomic E-state index is -0.468. The smallest absolute Gasteiger partial charge is 0.359 e. The summed E-state index contributed by atoms with van der Waals surface area (Å²) < 4.78 is 16.2. The van der Waals surface area contributed by atoms with Crippen LogP contribution in [0.5, 0.6) is 0 Å². The number of anilines is 6. The Kier molecular flexibility index (Phi) is 11.7. The van der Waals surface area contributed by atoms with Crippen LogP contribution in [-0.2, 0) is 0 Å². The van der Waals surface area contributed by atoms with Gasteiger partial charge in [-0.15, -0.1) is 0 Å². The van der Waals surface area contributed by atoms with Gasteiger partial charge in [-0.2, -0.15) is 0 Å². The van der Waals surface area contributed by atoms with E-state index in [1.807, 2.05) is 60.7 Å². The van der Waals surface area contributed by atoms with Crippen LogP contribution in [0.25, 0.3) is 32.9 Å². The van der Waals surface area contributed by atoms with Crippen LogP contribution >= 0.6 is 0 Å². The van der Waals surface area contributed by atoms with Crippen LogP contribution in [0.4, 0.5) is 34.1 Å². The molecular formula is C41H49N9O6. The molecule has 6 aromatic rings. The van der Waals surface area contributed by atoms with Crippen molar-refractivity contribution in [2.24, 2.45) is 0 Å². The number of fused-ring (bicyclic) bond motifs is 3. The van der Waals surface area contributed by atoms with Gasteiger partial charge in [-0.05, 0) is 43.4 Å². The number of piperazine rings is 3. The molecule has 0 bridgehead atoms. The average Bonchev–Trinajstić information content (AvgIpc) is 3.22. The van der Waals surface area contributed by atoms with Crippen LogP contribution in [0.3, 0.4) is 0 Å². The van der Waals surface area contributed by atoms with Crippen LogP contribution < -0.4 is 59.0 Å². The van der Waals surface area contributed by atoms with E-state index in [-0.39, 0.29) is 17.0 Å². The average molecular weight is 764 g/mol. The highest BCUT2D eigenvalue weighted by atomic mass is 16.4. The Hall–Kier alpha value is -6.03. The number of nitrogens with zero attached hydrogens (tertiary/aromatic N) is 4. The highest BCUT2D eigenvalue weighted by Gasteiger charge is 2.19. The van der Waals surface area contributed by atoms with Crippen molar-refractivity contribution in [3.8, 4) is 0 Å². The minimum absolute atomic E-state index is 0.153. The highest BCUT2D eigenvalue weighted by molar-refractivity contribution is 5.92. The lowest BCUT2D eigenvalue weighted by Gasteiger charge is -2.34. The van der Waals surface area contributed by atoms with Crippen LogP contribution in [0.15, 0.2) is 100 Å². The summed E-state index contributed by atoms with van der Waals surface area (Å²) in [5.41, 5.74) is 15.6. The monoisotopic (exact) mass is 763 g/mol. The van der Waals surface area contributed by atoms with Gasteiger partial charge in [0.25, 0.3) is 0 Å². The molecule has 0 saturated carbocycles. The second-order valence-electron chi connectivity index (χ2n) is 14.0. The van der Waals surface area contributed by atoms with Gasteiger partial charge in [-0.25, -0.2) is 14.4 Å². The van der Waals surface area contributed by atoms with Crippen molar-refractivity contribution < 1.29 is 13.3 Å². The summed E-state index contributed by atoms with van der Waals surface area (Å²) in [7, 11) is 3.83. The van der Waals surface area contributed by atoms with Gasteiger partial charge in [-0.1, -0.05) is 36.4 Å². The molecule has 0 radical (unpaired) electrons. The van der Waals surface area contributed by atoms with Crippen LogP contribution in [0.1, 0.15) is 0 Å². The van der Waals surface area contributed by atoms with E-state index in [1.165, 1.54) is 0 Å². The summed E-state index contributed by atoms with van der Waals surface area (Å²) in [5, 5.41) is 12.2. The third-order valence-corrected chi connectivity index (χ3v) is 10.3. The largest absolute Gasteiger partial charge is 0.419 e. The quantitative estimate of drug-likeness (QED) is 0.165. The first-order chi connectivity index (χ1) is 27.2. The molecule has 3 fully saturated rings. The number of nitrogen functional groups attached to an aromatic ring is 2. The number of nitrogens with two attached hydrogens (primary N) is 2. The Morgan fingerprint density at radius 1 is 0.536 bits per heavy atom. The fraction of sp³-hybridized carbons (Fsp3) is 0.341. The van der Waals surface area contributed by atoms with Gasteiger partial charge in [0.1, 0.15) is 17.1 Å². The Morgan fingerprint density at radius 3 is 1.32 bits per heavy atom. The number of rotatable bonds is 4. The maximum absolute atomic E-state index is 11.8. The van der Waals surface area contributed by atoms with Crippen molar-refractivity contribution in [3.63, 3.8) is 0 Å². The second-order valence-corrected chi connectivity index (χ2v) is 14.0. The molecule has 9 rings (SSSR count). The molecule has 15 heteroatoms. The molecule has 3 aliphatic heterocycles. The Labute approximate surface area is 323 Å². The number of hydrogen-bond acceptors (Lipinski definition) is 15. The van der Waals surface area contributed by atoms with E-state index in [2.05, 4.69) is 42.6 Å². The van der Waals surface area contributed by atoms with Gasteiger partial charge in [0.2, 0.25) is 0 Å². The molecule has 0 amide bonds. The van der Waals surface area contributed by atoms with Crippen LogP contribution in [0, 0.1) is 0 Å². The highest BCUT2D eigenvalue weighted by Crippen LogP contribution is 2.29. The first-order valence-corrected chi connectivity index (χ1v) is 18.9. The van der Waals surface area contributed by atoms with Crippen molar-refractivity contribution >= 4 is 67.0 Å². The Bertz CT molecular complexity index is 2480. The van der Waals surface area contributed by atoms with E-state index in [0.717, 1.165) is 112 Å². The van der Waals surface area contributed by atoms with Gasteiger partial charge >= 0.3 is 16.9 Å². The van der Waals surface area contributed by atoms with Crippen LogP contribution in [-0.4, -0.2) is 97.5 Å². The molecule has 3 aromatic heterocycles. The van der Waals surface area contributed by atoms with Crippen LogP contribution in [0.2, 0.25) is 0 Å². The maximum atomic E-state index is 11.8. The molecule has 56 heavy (non-hydrogen) atoms. The van der Waals surface area contributed by atoms with Crippen molar-refractivity contribution in [1.82, 2.24) is 15.5 Å². The molecule has 6 heterocycles. The fourth-order valence-electron chi connectivity index (χ4n) is 7.20. The molecule has 0 spiro atoms. The minimum Gasteiger partial charge on any atom is -0.419 e. The molecular weight excluding hydrogens is 715 g/mol. The number of benzene rings is 3.